The molecule has 0 unspecified atom stereocenters. The maximum Gasteiger partial charge on any atom is 0.183 e. The van der Waals surface area contributed by atoms with Crippen molar-refractivity contribution in [2.24, 2.45) is 10.2 Å². The van der Waals surface area contributed by atoms with Gasteiger partial charge in [0.25, 0.3) is 0 Å². The maximum atomic E-state index is 6.15. The molecule has 6 heteroatoms. The molecule has 0 aliphatic rings. The average Bonchev–Trinajstić information content (AvgIpc) is 2.84. The molecule has 1 aromatic carbocycles. The lowest BCUT2D eigenvalue weighted by Gasteiger charge is -2.02. The molecule has 0 aliphatic carbocycles. The van der Waals surface area contributed by atoms with Crippen LogP contribution in [0.15, 0.2) is 46.8 Å². The van der Waals surface area contributed by atoms with E-state index in [0.29, 0.717) is 15.7 Å². The molecule has 0 amide bonds. The number of halogens is 2. The third-order valence-electron chi connectivity index (χ3n) is 3.49. The Morgan fingerprint density at radius 1 is 1.09 bits per heavy atom. The van der Waals surface area contributed by atoms with Crippen LogP contribution in [-0.4, -0.2) is 9.38 Å². The Bertz CT molecular complexity index is 897. The first-order chi connectivity index (χ1) is 11.0. The van der Waals surface area contributed by atoms with Crippen molar-refractivity contribution in [1.82, 2.24) is 9.38 Å². The van der Waals surface area contributed by atoms with Gasteiger partial charge in [-0.1, -0.05) is 37.0 Å². The number of aromatic nitrogens is 2. The Morgan fingerprint density at radius 3 is 2.57 bits per heavy atom. The average molecular weight is 347 g/mol. The monoisotopic (exact) mass is 346 g/mol. The summed E-state index contributed by atoms with van der Waals surface area (Å²) in [6.45, 7) is 6.21. The predicted molar refractivity (Wildman–Crippen MR) is 94.7 cm³/mol. The van der Waals surface area contributed by atoms with Crippen LogP contribution >= 0.6 is 23.2 Å². The van der Waals surface area contributed by atoms with Gasteiger partial charge in [-0.15, -0.1) is 10.2 Å². The molecule has 0 bridgehead atoms. The summed E-state index contributed by atoms with van der Waals surface area (Å²) in [5.41, 5.74) is 3.50. The summed E-state index contributed by atoms with van der Waals surface area (Å²) in [7, 11) is 0. The van der Waals surface area contributed by atoms with Crippen molar-refractivity contribution >= 4 is 40.4 Å². The van der Waals surface area contributed by atoms with Gasteiger partial charge in [0, 0.05) is 11.2 Å². The van der Waals surface area contributed by atoms with Gasteiger partial charge in [-0.05, 0) is 48.7 Å². The van der Waals surface area contributed by atoms with Crippen molar-refractivity contribution in [2.45, 2.75) is 26.7 Å². The number of aryl methyl sites for hydroxylation is 1. The van der Waals surface area contributed by atoms with E-state index >= 15 is 0 Å². The minimum atomic E-state index is 0.241. The van der Waals surface area contributed by atoms with Crippen LogP contribution in [0, 0.1) is 6.92 Å². The topological polar surface area (TPSA) is 42.0 Å². The molecule has 0 N–H and O–H groups in total. The number of rotatable bonds is 3. The lowest BCUT2D eigenvalue weighted by Crippen LogP contribution is -1.87. The van der Waals surface area contributed by atoms with Crippen LogP contribution in [0.2, 0.25) is 10.0 Å². The molecule has 0 saturated carbocycles. The Morgan fingerprint density at radius 2 is 1.87 bits per heavy atom. The van der Waals surface area contributed by atoms with Crippen LogP contribution < -0.4 is 0 Å². The summed E-state index contributed by atoms with van der Waals surface area (Å²) in [4.78, 5) is 4.68. The quantitative estimate of drug-likeness (QED) is 0.499. The molecular weight excluding hydrogens is 331 g/mol. The summed E-state index contributed by atoms with van der Waals surface area (Å²) in [5, 5.41) is 9.72. The molecule has 2 aromatic heterocycles. The molecule has 3 rings (SSSR count). The van der Waals surface area contributed by atoms with Gasteiger partial charge in [0.2, 0.25) is 0 Å². The van der Waals surface area contributed by atoms with Gasteiger partial charge in [-0.25, -0.2) is 4.98 Å². The van der Waals surface area contributed by atoms with Gasteiger partial charge >= 0.3 is 0 Å². The van der Waals surface area contributed by atoms with E-state index in [1.807, 2.05) is 29.7 Å². The number of fused-ring (bicyclic) bond motifs is 1. The first kappa shape index (κ1) is 16.0. The molecule has 0 saturated heterocycles. The van der Waals surface area contributed by atoms with Crippen LogP contribution in [-0.2, 0) is 0 Å². The fourth-order valence-electron chi connectivity index (χ4n) is 2.30. The second-order valence-electron chi connectivity index (χ2n) is 5.70. The first-order valence-electron chi connectivity index (χ1n) is 7.31. The molecule has 2 heterocycles. The van der Waals surface area contributed by atoms with Gasteiger partial charge in [0.05, 0.1) is 10.7 Å². The van der Waals surface area contributed by atoms with Crippen molar-refractivity contribution < 1.29 is 0 Å². The van der Waals surface area contributed by atoms with E-state index in [2.05, 4.69) is 29.1 Å². The fraction of sp³-hybridized carbons (Fsp3) is 0.235. The summed E-state index contributed by atoms with van der Waals surface area (Å²) in [6.07, 6.45) is 1.96. The Labute approximate surface area is 144 Å². The van der Waals surface area contributed by atoms with Crippen LogP contribution in [0.3, 0.4) is 0 Å². The molecule has 0 atom stereocenters. The molecule has 0 spiro atoms. The first-order valence-corrected chi connectivity index (χ1v) is 8.06. The van der Waals surface area contributed by atoms with Gasteiger partial charge in [0.1, 0.15) is 11.3 Å². The highest BCUT2D eigenvalue weighted by atomic mass is 35.5. The molecule has 23 heavy (non-hydrogen) atoms. The van der Waals surface area contributed by atoms with Crippen LogP contribution in [0.5, 0.6) is 0 Å². The van der Waals surface area contributed by atoms with E-state index in [-0.39, 0.29) is 5.92 Å². The van der Waals surface area contributed by atoms with Crippen molar-refractivity contribution in [3.05, 3.63) is 57.8 Å². The molecule has 0 aliphatic heterocycles. The zero-order valence-electron chi connectivity index (χ0n) is 13.1. The van der Waals surface area contributed by atoms with Crippen molar-refractivity contribution in [1.29, 1.82) is 0 Å². The van der Waals surface area contributed by atoms with Gasteiger partial charge in [0.15, 0.2) is 5.82 Å². The standard InChI is InChI=1S/C17H16Cl2N4/c1-10(2)16-17(23-7-6-11(3)8-15(23)20-16)22-21-14-5-4-12(18)9-13(14)19/h4-10H,1-3H3. The van der Waals surface area contributed by atoms with Crippen molar-refractivity contribution in [3.63, 3.8) is 0 Å². The Balaban J connectivity index is 2.11. The number of pyridine rings is 1. The van der Waals surface area contributed by atoms with Crippen LogP contribution in [0.25, 0.3) is 5.65 Å². The zero-order chi connectivity index (χ0) is 16.6. The highest BCUT2D eigenvalue weighted by molar-refractivity contribution is 6.36. The number of azo groups is 1. The van der Waals surface area contributed by atoms with Crippen molar-refractivity contribution in [2.75, 3.05) is 0 Å². The molecule has 0 fully saturated rings. The summed E-state index contributed by atoms with van der Waals surface area (Å²) < 4.78 is 1.94. The highest BCUT2D eigenvalue weighted by Crippen LogP contribution is 2.32. The third kappa shape index (κ3) is 3.23. The van der Waals surface area contributed by atoms with E-state index < -0.39 is 0 Å². The molecule has 0 radical (unpaired) electrons. The Kier molecular flexibility index (Phi) is 4.37. The normalized spacial score (nSPS) is 11.9. The summed E-state index contributed by atoms with van der Waals surface area (Å²) >= 11 is 12.1. The fourth-order valence-corrected chi connectivity index (χ4v) is 2.75. The number of hydrogen-bond acceptors (Lipinski definition) is 3. The van der Waals surface area contributed by atoms with E-state index in [4.69, 9.17) is 23.2 Å². The number of nitrogens with zero attached hydrogens (tertiary/aromatic N) is 4. The van der Waals surface area contributed by atoms with Gasteiger partial charge in [-0.3, -0.25) is 4.40 Å². The highest BCUT2D eigenvalue weighted by Gasteiger charge is 2.15. The number of hydrogen-bond donors (Lipinski definition) is 0. The second kappa shape index (κ2) is 6.30. The van der Waals surface area contributed by atoms with Gasteiger partial charge < -0.3 is 0 Å². The third-order valence-corrected chi connectivity index (χ3v) is 4.03. The molecule has 4 nitrogen and oxygen atoms in total. The SMILES string of the molecule is Cc1ccn2c(N=Nc3ccc(Cl)cc3Cl)c(C(C)C)nc2c1. The number of benzene rings is 1. The van der Waals surface area contributed by atoms with Crippen LogP contribution in [0.1, 0.15) is 31.0 Å². The smallest absolute Gasteiger partial charge is 0.183 e. The molecular formula is C17H16Cl2N4. The lowest BCUT2D eigenvalue weighted by atomic mass is 10.1. The Hall–Kier alpha value is -1.91. The predicted octanol–water partition coefficient (Wildman–Crippen LogP) is 6.49. The van der Waals surface area contributed by atoms with E-state index in [0.717, 1.165) is 22.7 Å². The summed E-state index contributed by atoms with van der Waals surface area (Å²) in [6, 6.07) is 9.19. The maximum absolute atomic E-state index is 6.15. The second-order valence-corrected chi connectivity index (χ2v) is 6.55. The largest absolute Gasteiger partial charge is 0.283 e. The van der Waals surface area contributed by atoms with E-state index in [1.54, 1.807) is 18.2 Å². The van der Waals surface area contributed by atoms with E-state index in [1.165, 1.54) is 0 Å². The van der Waals surface area contributed by atoms with Crippen LogP contribution in [0.4, 0.5) is 11.5 Å². The minimum absolute atomic E-state index is 0.241. The zero-order valence-corrected chi connectivity index (χ0v) is 14.6. The van der Waals surface area contributed by atoms with Crippen molar-refractivity contribution in [3.8, 4) is 0 Å². The molecule has 118 valence electrons. The number of imidazole rings is 1. The molecule has 3 aromatic rings. The minimum Gasteiger partial charge on any atom is -0.283 e. The lowest BCUT2D eigenvalue weighted by molar-refractivity contribution is 0.831. The summed E-state index contributed by atoms with van der Waals surface area (Å²) in [5.74, 6) is 0.964. The van der Waals surface area contributed by atoms with Gasteiger partial charge in [-0.2, -0.15) is 0 Å². The van der Waals surface area contributed by atoms with E-state index in [9.17, 15) is 0 Å².